The SMILES string of the molecule is O=C1C[C@H](c2cc(F)cc(F)c2F)CN1. The van der Waals surface area contributed by atoms with E-state index in [0.717, 1.165) is 6.07 Å². The Bertz CT molecular complexity index is 419. The summed E-state index contributed by atoms with van der Waals surface area (Å²) in [6.45, 7) is 0.221. The Balaban J connectivity index is 2.39. The van der Waals surface area contributed by atoms with Crippen LogP contribution in [0.1, 0.15) is 17.9 Å². The lowest BCUT2D eigenvalue weighted by Gasteiger charge is -2.09. The normalized spacial score (nSPS) is 20.5. The first-order valence-corrected chi connectivity index (χ1v) is 4.49. The van der Waals surface area contributed by atoms with E-state index < -0.39 is 23.4 Å². The van der Waals surface area contributed by atoms with Crippen LogP contribution in [0.4, 0.5) is 13.2 Å². The quantitative estimate of drug-likeness (QED) is 0.710. The van der Waals surface area contributed by atoms with E-state index in [2.05, 4.69) is 5.32 Å². The lowest BCUT2D eigenvalue weighted by atomic mass is 9.97. The van der Waals surface area contributed by atoms with Gasteiger partial charge in [-0.3, -0.25) is 4.79 Å². The Morgan fingerprint density at radius 1 is 1.27 bits per heavy atom. The maximum absolute atomic E-state index is 13.3. The van der Waals surface area contributed by atoms with Crippen molar-refractivity contribution in [3.05, 3.63) is 35.1 Å². The first-order chi connectivity index (χ1) is 7.08. The number of halogens is 3. The third-order valence-corrected chi connectivity index (χ3v) is 2.44. The second-order valence-electron chi connectivity index (χ2n) is 3.50. The molecule has 1 saturated heterocycles. The third kappa shape index (κ3) is 1.82. The highest BCUT2D eigenvalue weighted by Gasteiger charge is 2.27. The van der Waals surface area contributed by atoms with Gasteiger partial charge in [-0.15, -0.1) is 0 Å². The molecule has 1 aliphatic heterocycles. The Labute approximate surface area is 84.1 Å². The molecule has 1 fully saturated rings. The molecular weight excluding hydrogens is 207 g/mol. The molecule has 0 aromatic heterocycles. The first kappa shape index (κ1) is 10.0. The van der Waals surface area contributed by atoms with E-state index >= 15 is 0 Å². The fourth-order valence-electron chi connectivity index (χ4n) is 1.70. The van der Waals surface area contributed by atoms with Crippen LogP contribution in [0.3, 0.4) is 0 Å². The van der Waals surface area contributed by atoms with Crippen molar-refractivity contribution in [3.63, 3.8) is 0 Å². The molecule has 2 rings (SSSR count). The molecule has 2 nitrogen and oxygen atoms in total. The highest BCUT2D eigenvalue weighted by molar-refractivity contribution is 5.79. The zero-order valence-corrected chi connectivity index (χ0v) is 7.69. The molecule has 80 valence electrons. The minimum absolute atomic E-state index is 0.0693. The van der Waals surface area contributed by atoms with Crippen LogP contribution in [0.5, 0.6) is 0 Å². The highest BCUT2D eigenvalue weighted by Crippen LogP contribution is 2.27. The molecule has 0 saturated carbocycles. The van der Waals surface area contributed by atoms with Gasteiger partial charge >= 0.3 is 0 Å². The molecule has 1 aromatic rings. The number of amides is 1. The van der Waals surface area contributed by atoms with Gasteiger partial charge in [0.05, 0.1) is 0 Å². The van der Waals surface area contributed by atoms with E-state index in [1.165, 1.54) is 0 Å². The second kappa shape index (κ2) is 3.56. The molecule has 1 heterocycles. The number of carbonyl (C=O) groups excluding carboxylic acids is 1. The van der Waals surface area contributed by atoms with Gasteiger partial charge < -0.3 is 5.32 Å². The van der Waals surface area contributed by atoms with Gasteiger partial charge in [0.25, 0.3) is 0 Å². The minimum atomic E-state index is -1.22. The van der Waals surface area contributed by atoms with Gasteiger partial charge in [-0.25, -0.2) is 13.2 Å². The molecule has 0 radical (unpaired) electrons. The summed E-state index contributed by atoms with van der Waals surface area (Å²) in [7, 11) is 0. The number of carbonyl (C=O) groups is 1. The molecule has 1 aliphatic rings. The Hall–Kier alpha value is -1.52. The first-order valence-electron chi connectivity index (χ1n) is 4.49. The van der Waals surface area contributed by atoms with Crippen molar-refractivity contribution in [1.82, 2.24) is 5.32 Å². The van der Waals surface area contributed by atoms with Crippen LogP contribution >= 0.6 is 0 Å². The summed E-state index contributed by atoms with van der Waals surface area (Å²) >= 11 is 0. The maximum atomic E-state index is 13.3. The average molecular weight is 215 g/mol. The summed E-state index contributed by atoms with van der Waals surface area (Å²) in [5, 5.41) is 2.48. The topological polar surface area (TPSA) is 29.1 Å². The van der Waals surface area contributed by atoms with Crippen LogP contribution in [0.2, 0.25) is 0 Å². The lowest BCUT2D eigenvalue weighted by Crippen LogP contribution is -2.14. The second-order valence-corrected chi connectivity index (χ2v) is 3.50. The number of benzene rings is 1. The lowest BCUT2D eigenvalue weighted by molar-refractivity contribution is -0.119. The predicted octanol–water partition coefficient (Wildman–Crippen LogP) is 1.71. The molecule has 15 heavy (non-hydrogen) atoms. The minimum Gasteiger partial charge on any atom is -0.355 e. The van der Waals surface area contributed by atoms with Crippen LogP contribution < -0.4 is 5.32 Å². The molecule has 0 unspecified atom stereocenters. The average Bonchev–Trinajstić information content (AvgIpc) is 2.58. The van der Waals surface area contributed by atoms with E-state index in [4.69, 9.17) is 0 Å². The van der Waals surface area contributed by atoms with E-state index in [1.807, 2.05) is 0 Å². The molecule has 0 aliphatic carbocycles. The molecule has 0 spiro atoms. The van der Waals surface area contributed by atoms with E-state index in [0.29, 0.717) is 6.07 Å². The van der Waals surface area contributed by atoms with Crippen LogP contribution in [-0.2, 0) is 4.79 Å². The molecule has 1 amide bonds. The predicted molar refractivity (Wildman–Crippen MR) is 46.7 cm³/mol. The Kier molecular flexibility index (Phi) is 2.38. The van der Waals surface area contributed by atoms with E-state index in [9.17, 15) is 18.0 Å². The van der Waals surface area contributed by atoms with Gasteiger partial charge in [-0.2, -0.15) is 0 Å². The monoisotopic (exact) mass is 215 g/mol. The van der Waals surface area contributed by atoms with Crippen molar-refractivity contribution < 1.29 is 18.0 Å². The van der Waals surface area contributed by atoms with E-state index in [-0.39, 0.29) is 24.4 Å². The van der Waals surface area contributed by atoms with Crippen molar-refractivity contribution in [2.45, 2.75) is 12.3 Å². The molecule has 1 aromatic carbocycles. The summed E-state index contributed by atoms with van der Waals surface area (Å²) in [4.78, 5) is 10.9. The van der Waals surface area contributed by atoms with Crippen LogP contribution in [0.15, 0.2) is 12.1 Å². The summed E-state index contributed by atoms with van der Waals surface area (Å²) in [6.07, 6.45) is 0.0693. The van der Waals surface area contributed by atoms with Crippen LogP contribution in [0.25, 0.3) is 0 Å². The smallest absolute Gasteiger partial charge is 0.220 e. The fourth-order valence-corrected chi connectivity index (χ4v) is 1.70. The van der Waals surface area contributed by atoms with Crippen LogP contribution in [0, 0.1) is 17.5 Å². The van der Waals surface area contributed by atoms with Gasteiger partial charge in [0.15, 0.2) is 11.6 Å². The van der Waals surface area contributed by atoms with Crippen molar-refractivity contribution in [1.29, 1.82) is 0 Å². The molecule has 0 bridgehead atoms. The maximum Gasteiger partial charge on any atom is 0.220 e. The number of hydrogen-bond donors (Lipinski definition) is 1. The van der Waals surface area contributed by atoms with Crippen molar-refractivity contribution in [2.75, 3.05) is 6.54 Å². The van der Waals surface area contributed by atoms with Gasteiger partial charge in [0.1, 0.15) is 5.82 Å². The zero-order chi connectivity index (χ0) is 11.0. The summed E-state index contributed by atoms with van der Waals surface area (Å²) < 4.78 is 39.0. The van der Waals surface area contributed by atoms with Crippen molar-refractivity contribution in [2.24, 2.45) is 0 Å². The number of hydrogen-bond acceptors (Lipinski definition) is 1. The molecule has 1 N–H and O–H groups in total. The van der Waals surface area contributed by atoms with Crippen molar-refractivity contribution in [3.8, 4) is 0 Å². The van der Waals surface area contributed by atoms with Gasteiger partial charge in [0, 0.05) is 24.9 Å². The summed E-state index contributed by atoms with van der Waals surface area (Å²) in [5.74, 6) is -3.84. The van der Waals surface area contributed by atoms with Gasteiger partial charge in [0.2, 0.25) is 5.91 Å². The number of nitrogens with one attached hydrogen (secondary N) is 1. The summed E-state index contributed by atoms with van der Waals surface area (Å²) in [5.41, 5.74) is -0.0779. The van der Waals surface area contributed by atoms with Gasteiger partial charge in [-0.05, 0) is 11.6 Å². The van der Waals surface area contributed by atoms with E-state index in [1.54, 1.807) is 0 Å². The Morgan fingerprint density at radius 2 is 2.00 bits per heavy atom. The largest absolute Gasteiger partial charge is 0.355 e. The fraction of sp³-hybridized carbons (Fsp3) is 0.300. The molecule has 1 atom stereocenters. The zero-order valence-electron chi connectivity index (χ0n) is 7.69. The molecular formula is C10H8F3NO. The summed E-state index contributed by atoms with van der Waals surface area (Å²) in [6, 6.07) is 1.42. The number of rotatable bonds is 1. The van der Waals surface area contributed by atoms with Crippen molar-refractivity contribution >= 4 is 5.91 Å². The van der Waals surface area contributed by atoms with Gasteiger partial charge in [-0.1, -0.05) is 0 Å². The van der Waals surface area contributed by atoms with Crippen LogP contribution in [-0.4, -0.2) is 12.5 Å². The highest BCUT2D eigenvalue weighted by atomic mass is 19.2. The Morgan fingerprint density at radius 3 is 2.60 bits per heavy atom. The molecule has 5 heteroatoms. The standard InChI is InChI=1S/C10H8F3NO/c11-6-2-7(10(13)8(12)3-6)5-1-9(15)14-4-5/h2-3,5H,1,4H2,(H,14,15)/t5-/m0/s1. The third-order valence-electron chi connectivity index (χ3n) is 2.44.